The smallest absolute Gasteiger partial charge is 0.336 e. The summed E-state index contributed by atoms with van der Waals surface area (Å²) in [6.45, 7) is 3.94. The van der Waals surface area contributed by atoms with Crippen molar-refractivity contribution >= 4 is 28.6 Å². The highest BCUT2D eigenvalue weighted by atomic mass is 127. The molecule has 0 unspecified atom stereocenters. The van der Waals surface area contributed by atoms with Gasteiger partial charge in [-0.25, -0.2) is 4.79 Å². The number of carbonyl (C=O) groups excluding carboxylic acids is 1. The minimum atomic E-state index is -0.696. The Labute approximate surface area is 191 Å². The van der Waals surface area contributed by atoms with E-state index in [1.807, 2.05) is 32.1 Å². The van der Waals surface area contributed by atoms with Crippen LogP contribution in [0.1, 0.15) is 25.0 Å². The average molecular weight is 521 g/mol. The quantitative estimate of drug-likeness (QED) is 0.122. The number of likely N-dealkylation sites (N-methyl/N-ethyl adjacent to an activating group) is 1. The Hall–Kier alpha value is -1.64. The fourth-order valence-electron chi connectivity index (χ4n) is 5.11. The van der Waals surface area contributed by atoms with E-state index in [2.05, 4.69) is 53.7 Å². The van der Waals surface area contributed by atoms with Crippen molar-refractivity contribution in [3.8, 4) is 11.5 Å². The Kier molecular flexibility index (Phi) is 5.85. The van der Waals surface area contributed by atoms with Crippen LogP contribution in [0, 0.1) is 5.92 Å². The lowest BCUT2D eigenvalue weighted by atomic mass is 9.57. The molecule has 30 heavy (non-hydrogen) atoms. The molecule has 3 aliphatic rings. The largest absolute Gasteiger partial charge is 0.482 e. The molecule has 6 heteroatoms. The van der Waals surface area contributed by atoms with Crippen molar-refractivity contribution in [1.29, 1.82) is 0 Å². The molecular weight excluding hydrogens is 493 g/mol. The van der Waals surface area contributed by atoms with E-state index in [0.29, 0.717) is 17.5 Å². The molecule has 5 atom stereocenters. The van der Waals surface area contributed by atoms with Gasteiger partial charge in [0.05, 0.1) is 5.41 Å². The molecule has 1 heterocycles. The summed E-state index contributed by atoms with van der Waals surface area (Å²) >= 11 is 2.41. The standard InChI is InChI=1S/C24H28INO4/c1-14(2)6-5-7-20(28)29-19-11-8-15-12-17(26(3)4)16-9-10-18(27)23-24(16,13-25)21(15)22(19)30-23/h5-11,16-18,23,27H,12-13H2,1-4H3/b7-5+/t16-,17+,18-,23-,24-/m0/s1. The van der Waals surface area contributed by atoms with Crippen molar-refractivity contribution in [3.05, 3.63) is 59.2 Å². The molecule has 0 saturated carbocycles. The molecule has 0 amide bonds. The second-order valence-corrected chi connectivity index (χ2v) is 9.56. The van der Waals surface area contributed by atoms with Crippen molar-refractivity contribution < 1.29 is 19.4 Å². The Morgan fingerprint density at radius 3 is 2.80 bits per heavy atom. The molecule has 0 spiro atoms. The minimum absolute atomic E-state index is 0.218. The van der Waals surface area contributed by atoms with E-state index in [4.69, 9.17) is 9.47 Å². The first kappa shape index (κ1) is 21.6. The van der Waals surface area contributed by atoms with Crippen LogP contribution in [0.5, 0.6) is 11.5 Å². The second-order valence-electron chi connectivity index (χ2n) is 8.80. The van der Waals surface area contributed by atoms with Gasteiger partial charge in [0, 0.05) is 28.0 Å². The van der Waals surface area contributed by atoms with Gasteiger partial charge in [0.15, 0.2) is 11.5 Å². The van der Waals surface area contributed by atoms with E-state index in [-0.39, 0.29) is 17.4 Å². The summed E-state index contributed by atoms with van der Waals surface area (Å²) in [5, 5.41) is 10.8. The van der Waals surface area contributed by atoms with Crippen LogP contribution in [-0.2, 0) is 16.6 Å². The average Bonchev–Trinajstić information content (AvgIpc) is 3.06. The second kappa shape index (κ2) is 8.13. The molecule has 1 N–H and O–H groups in total. The number of ether oxygens (including phenoxy) is 2. The molecule has 160 valence electrons. The van der Waals surface area contributed by atoms with E-state index >= 15 is 0 Å². The van der Waals surface area contributed by atoms with Crippen LogP contribution >= 0.6 is 22.6 Å². The minimum Gasteiger partial charge on any atom is -0.482 e. The first-order valence-corrected chi connectivity index (χ1v) is 11.8. The van der Waals surface area contributed by atoms with E-state index < -0.39 is 12.1 Å². The van der Waals surface area contributed by atoms with Crippen LogP contribution in [0.3, 0.4) is 0 Å². The Morgan fingerprint density at radius 1 is 1.37 bits per heavy atom. The molecule has 0 fully saturated rings. The van der Waals surface area contributed by atoms with Gasteiger partial charge >= 0.3 is 5.97 Å². The molecule has 4 rings (SSSR count). The molecule has 1 aromatic carbocycles. The Morgan fingerprint density at radius 2 is 2.13 bits per heavy atom. The zero-order valence-corrected chi connectivity index (χ0v) is 19.9. The molecule has 0 saturated heterocycles. The lowest BCUT2D eigenvalue weighted by Crippen LogP contribution is -2.61. The van der Waals surface area contributed by atoms with Crippen molar-refractivity contribution in [2.24, 2.45) is 5.92 Å². The van der Waals surface area contributed by atoms with Gasteiger partial charge in [-0.05, 0) is 46.0 Å². The number of aliphatic hydroxyl groups is 1. The number of nitrogens with zero attached hydrogens (tertiary/aromatic N) is 1. The normalized spacial score (nSPS) is 30.9. The zero-order valence-electron chi connectivity index (χ0n) is 17.8. The van der Waals surface area contributed by atoms with Gasteiger partial charge in [0.2, 0.25) is 0 Å². The Bertz CT molecular complexity index is 947. The van der Waals surface area contributed by atoms with E-state index in [0.717, 1.165) is 22.0 Å². The zero-order chi connectivity index (χ0) is 21.6. The van der Waals surface area contributed by atoms with Gasteiger partial charge in [-0.3, -0.25) is 0 Å². The third kappa shape index (κ3) is 3.33. The highest BCUT2D eigenvalue weighted by Gasteiger charge is 2.62. The molecule has 0 aromatic heterocycles. The van der Waals surface area contributed by atoms with Crippen LogP contribution in [0.15, 0.2) is 48.1 Å². The van der Waals surface area contributed by atoms with Gasteiger partial charge in [0.1, 0.15) is 12.2 Å². The van der Waals surface area contributed by atoms with Crippen LogP contribution < -0.4 is 9.47 Å². The van der Waals surface area contributed by atoms with E-state index in [9.17, 15) is 9.90 Å². The SMILES string of the molecule is CC(C)=C/C=C/C(=O)Oc1ccc2c3c1O[C@H]1[C@@H](O)C=C[C@@H]([C@H](N(C)C)C2)[C@@]31CI. The maximum Gasteiger partial charge on any atom is 0.336 e. The maximum atomic E-state index is 12.4. The molecule has 5 nitrogen and oxygen atoms in total. The summed E-state index contributed by atoms with van der Waals surface area (Å²) in [5.41, 5.74) is 3.08. The molecular formula is C24H28INO4. The summed E-state index contributed by atoms with van der Waals surface area (Å²) in [7, 11) is 4.21. The predicted molar refractivity (Wildman–Crippen MR) is 125 cm³/mol. The molecule has 0 bridgehead atoms. The van der Waals surface area contributed by atoms with Crippen molar-refractivity contribution in [1.82, 2.24) is 4.90 Å². The first-order valence-electron chi connectivity index (χ1n) is 10.2. The number of alkyl halides is 1. The van der Waals surface area contributed by atoms with Gasteiger partial charge in [-0.2, -0.15) is 0 Å². The number of allylic oxidation sites excluding steroid dienone is 3. The topological polar surface area (TPSA) is 59.0 Å². The number of aliphatic hydroxyl groups excluding tert-OH is 1. The number of rotatable bonds is 5. The fourth-order valence-corrected chi connectivity index (χ4v) is 6.44. The summed E-state index contributed by atoms with van der Waals surface area (Å²) in [5.74, 6) is 0.814. The number of hydrogen-bond acceptors (Lipinski definition) is 5. The van der Waals surface area contributed by atoms with Gasteiger partial charge < -0.3 is 19.5 Å². The molecule has 2 aliphatic carbocycles. The highest BCUT2D eigenvalue weighted by Crippen LogP contribution is 2.60. The van der Waals surface area contributed by atoms with Crippen molar-refractivity contribution in [3.63, 3.8) is 0 Å². The van der Waals surface area contributed by atoms with Crippen LogP contribution in [0.25, 0.3) is 0 Å². The van der Waals surface area contributed by atoms with Crippen LogP contribution in [-0.4, -0.2) is 52.7 Å². The van der Waals surface area contributed by atoms with E-state index in [1.54, 1.807) is 6.08 Å². The van der Waals surface area contributed by atoms with Crippen LogP contribution in [0.2, 0.25) is 0 Å². The molecule has 1 aliphatic heterocycles. The summed E-state index contributed by atoms with van der Waals surface area (Å²) in [4.78, 5) is 14.6. The van der Waals surface area contributed by atoms with E-state index in [1.165, 1.54) is 11.6 Å². The lowest BCUT2D eigenvalue weighted by Gasteiger charge is -2.51. The van der Waals surface area contributed by atoms with Gasteiger partial charge in [-0.15, -0.1) is 0 Å². The Balaban J connectivity index is 1.78. The maximum absolute atomic E-state index is 12.4. The fraction of sp³-hybridized carbons (Fsp3) is 0.458. The number of halogens is 1. The summed E-state index contributed by atoms with van der Waals surface area (Å²) < 4.78 is 12.8. The number of esters is 1. The molecule has 0 radical (unpaired) electrons. The van der Waals surface area contributed by atoms with Crippen molar-refractivity contribution in [2.75, 3.05) is 18.5 Å². The van der Waals surface area contributed by atoms with Crippen molar-refractivity contribution in [2.45, 2.75) is 43.9 Å². The first-order chi connectivity index (χ1) is 14.3. The third-order valence-electron chi connectivity index (χ3n) is 6.45. The van der Waals surface area contributed by atoms with Gasteiger partial charge in [0.25, 0.3) is 0 Å². The summed E-state index contributed by atoms with van der Waals surface area (Å²) in [6.07, 6.45) is 8.79. The number of hydrogen-bond donors (Lipinski definition) is 1. The monoisotopic (exact) mass is 521 g/mol. The van der Waals surface area contributed by atoms with Gasteiger partial charge in [-0.1, -0.05) is 58.5 Å². The lowest BCUT2D eigenvalue weighted by molar-refractivity contribution is -0.129. The predicted octanol–water partition coefficient (Wildman–Crippen LogP) is 3.58. The highest BCUT2D eigenvalue weighted by molar-refractivity contribution is 14.1. The third-order valence-corrected chi connectivity index (χ3v) is 7.71. The van der Waals surface area contributed by atoms with Crippen LogP contribution in [0.4, 0.5) is 0 Å². The number of carbonyl (C=O) groups is 1. The molecule has 1 aromatic rings. The number of benzene rings is 1. The summed E-state index contributed by atoms with van der Waals surface area (Å²) in [6, 6.07) is 4.19.